The number of nitrogens with one attached hydrogen (secondary N) is 1. The van der Waals surface area contributed by atoms with E-state index in [0.29, 0.717) is 0 Å². The fourth-order valence-electron chi connectivity index (χ4n) is 2.53. The third-order valence-corrected chi connectivity index (χ3v) is 4.89. The lowest BCUT2D eigenvalue weighted by Crippen LogP contribution is -2.23. The van der Waals surface area contributed by atoms with Gasteiger partial charge in [-0.15, -0.1) is 11.3 Å². The average molecular weight is 361 g/mol. The molecule has 0 aliphatic heterocycles. The molecule has 108 valence electrons. The SMILES string of the molecule is CCCNC(c1cncc(Br)c1)c1cccc2ccsc12. The Balaban J connectivity index is 2.08. The van der Waals surface area contributed by atoms with Crippen molar-refractivity contribution in [1.29, 1.82) is 0 Å². The quantitative estimate of drug-likeness (QED) is 0.680. The molecule has 0 fully saturated rings. The van der Waals surface area contributed by atoms with Crippen LogP contribution in [-0.2, 0) is 0 Å². The van der Waals surface area contributed by atoms with Crippen molar-refractivity contribution in [2.75, 3.05) is 6.54 Å². The molecule has 3 rings (SSSR count). The van der Waals surface area contributed by atoms with E-state index >= 15 is 0 Å². The zero-order valence-electron chi connectivity index (χ0n) is 11.8. The lowest BCUT2D eigenvalue weighted by molar-refractivity contribution is 0.600. The molecule has 3 aromatic rings. The third-order valence-electron chi connectivity index (χ3n) is 3.48. The van der Waals surface area contributed by atoms with Gasteiger partial charge in [0.1, 0.15) is 0 Å². The number of pyridine rings is 1. The van der Waals surface area contributed by atoms with E-state index in [2.05, 4.69) is 68.9 Å². The first kappa shape index (κ1) is 14.7. The number of rotatable bonds is 5. The molecule has 2 aromatic heterocycles. The van der Waals surface area contributed by atoms with Gasteiger partial charge in [0.15, 0.2) is 0 Å². The standard InChI is InChI=1S/C17H17BrN2S/c1-2-7-20-16(13-9-14(18)11-19-10-13)15-5-3-4-12-6-8-21-17(12)15/h3-6,8-11,16,20H,2,7H2,1H3. The van der Waals surface area contributed by atoms with Crippen LogP contribution in [-0.4, -0.2) is 11.5 Å². The number of fused-ring (bicyclic) bond motifs is 1. The van der Waals surface area contributed by atoms with Gasteiger partial charge in [-0.3, -0.25) is 4.98 Å². The molecule has 1 unspecified atom stereocenters. The van der Waals surface area contributed by atoms with E-state index in [1.54, 1.807) is 11.3 Å². The average Bonchev–Trinajstić information content (AvgIpc) is 2.97. The molecule has 4 heteroatoms. The summed E-state index contributed by atoms with van der Waals surface area (Å²) >= 11 is 5.33. The van der Waals surface area contributed by atoms with Crippen LogP contribution in [0, 0.1) is 0 Å². The molecule has 0 saturated heterocycles. The van der Waals surface area contributed by atoms with Gasteiger partial charge < -0.3 is 5.32 Å². The lowest BCUT2D eigenvalue weighted by atomic mass is 9.99. The maximum Gasteiger partial charge on any atom is 0.0606 e. The van der Waals surface area contributed by atoms with Gasteiger partial charge in [0.2, 0.25) is 0 Å². The zero-order chi connectivity index (χ0) is 14.7. The maximum absolute atomic E-state index is 4.32. The number of benzene rings is 1. The van der Waals surface area contributed by atoms with Crippen LogP contribution in [0.25, 0.3) is 10.1 Å². The fourth-order valence-corrected chi connectivity index (χ4v) is 3.85. The fraction of sp³-hybridized carbons (Fsp3) is 0.235. The first-order chi connectivity index (χ1) is 10.3. The highest BCUT2D eigenvalue weighted by Crippen LogP contribution is 2.32. The smallest absolute Gasteiger partial charge is 0.0606 e. The minimum Gasteiger partial charge on any atom is -0.306 e. The Kier molecular flexibility index (Phi) is 4.68. The Morgan fingerprint density at radius 3 is 3.00 bits per heavy atom. The van der Waals surface area contributed by atoms with Crippen molar-refractivity contribution < 1.29 is 0 Å². The second-order valence-electron chi connectivity index (χ2n) is 5.01. The molecule has 0 bridgehead atoms. The molecule has 0 amide bonds. The molecule has 0 saturated carbocycles. The second-order valence-corrected chi connectivity index (χ2v) is 6.84. The normalized spacial score (nSPS) is 12.7. The van der Waals surface area contributed by atoms with Crippen molar-refractivity contribution in [3.8, 4) is 0 Å². The van der Waals surface area contributed by atoms with Gasteiger partial charge in [-0.05, 0) is 62.9 Å². The van der Waals surface area contributed by atoms with Crippen LogP contribution >= 0.6 is 27.3 Å². The summed E-state index contributed by atoms with van der Waals surface area (Å²) in [6.07, 6.45) is 4.88. The minimum atomic E-state index is 0.178. The van der Waals surface area contributed by atoms with Crippen molar-refractivity contribution in [2.45, 2.75) is 19.4 Å². The summed E-state index contributed by atoms with van der Waals surface area (Å²) in [5.74, 6) is 0. The number of thiophene rings is 1. The van der Waals surface area contributed by atoms with E-state index in [1.165, 1.54) is 21.2 Å². The summed E-state index contributed by atoms with van der Waals surface area (Å²) in [5, 5.41) is 7.12. The Morgan fingerprint density at radius 1 is 1.29 bits per heavy atom. The Labute approximate surface area is 137 Å². The largest absolute Gasteiger partial charge is 0.306 e. The molecule has 0 radical (unpaired) electrons. The van der Waals surface area contributed by atoms with E-state index in [9.17, 15) is 0 Å². The molecule has 2 nitrogen and oxygen atoms in total. The molecule has 0 spiro atoms. The van der Waals surface area contributed by atoms with Crippen LogP contribution in [0.3, 0.4) is 0 Å². The lowest BCUT2D eigenvalue weighted by Gasteiger charge is -2.20. The number of halogens is 1. The monoisotopic (exact) mass is 360 g/mol. The van der Waals surface area contributed by atoms with E-state index in [4.69, 9.17) is 0 Å². The van der Waals surface area contributed by atoms with Crippen LogP contribution in [0.5, 0.6) is 0 Å². The van der Waals surface area contributed by atoms with Crippen molar-refractivity contribution in [3.05, 3.63) is 63.7 Å². The number of hydrogen-bond donors (Lipinski definition) is 1. The van der Waals surface area contributed by atoms with Crippen molar-refractivity contribution >= 4 is 37.4 Å². The van der Waals surface area contributed by atoms with E-state index in [0.717, 1.165) is 17.4 Å². The number of nitrogens with zero attached hydrogens (tertiary/aromatic N) is 1. The van der Waals surface area contributed by atoms with E-state index in [1.807, 2.05) is 12.4 Å². The zero-order valence-corrected chi connectivity index (χ0v) is 14.2. The van der Waals surface area contributed by atoms with Crippen LogP contribution in [0.2, 0.25) is 0 Å². The van der Waals surface area contributed by atoms with Gasteiger partial charge in [-0.25, -0.2) is 0 Å². The van der Waals surface area contributed by atoms with Crippen molar-refractivity contribution in [2.24, 2.45) is 0 Å². The number of hydrogen-bond acceptors (Lipinski definition) is 3. The molecule has 1 atom stereocenters. The summed E-state index contributed by atoms with van der Waals surface area (Å²) in [4.78, 5) is 4.32. The van der Waals surface area contributed by atoms with Crippen LogP contribution < -0.4 is 5.32 Å². The summed E-state index contributed by atoms with van der Waals surface area (Å²) < 4.78 is 2.37. The first-order valence-electron chi connectivity index (χ1n) is 7.09. The minimum absolute atomic E-state index is 0.178. The molecule has 21 heavy (non-hydrogen) atoms. The van der Waals surface area contributed by atoms with Gasteiger partial charge in [-0.1, -0.05) is 25.1 Å². The van der Waals surface area contributed by atoms with Crippen molar-refractivity contribution in [3.63, 3.8) is 0 Å². The molecule has 0 aliphatic carbocycles. The molecular weight excluding hydrogens is 344 g/mol. The highest BCUT2D eigenvalue weighted by molar-refractivity contribution is 9.10. The molecule has 0 aliphatic rings. The topological polar surface area (TPSA) is 24.9 Å². The van der Waals surface area contributed by atoms with Crippen molar-refractivity contribution in [1.82, 2.24) is 10.3 Å². The summed E-state index contributed by atoms with van der Waals surface area (Å²) in [5.41, 5.74) is 2.52. The molecule has 1 aromatic carbocycles. The van der Waals surface area contributed by atoms with Gasteiger partial charge in [0, 0.05) is 21.6 Å². The Hall–Kier alpha value is -1.23. The highest BCUT2D eigenvalue weighted by atomic mass is 79.9. The third kappa shape index (κ3) is 3.18. The predicted molar refractivity (Wildman–Crippen MR) is 93.9 cm³/mol. The predicted octanol–water partition coefficient (Wildman–Crippen LogP) is 5.15. The van der Waals surface area contributed by atoms with Gasteiger partial charge >= 0.3 is 0 Å². The van der Waals surface area contributed by atoms with Gasteiger partial charge in [0.25, 0.3) is 0 Å². The Bertz CT molecular complexity index is 738. The summed E-state index contributed by atoms with van der Waals surface area (Å²) in [6, 6.07) is 11.0. The highest BCUT2D eigenvalue weighted by Gasteiger charge is 2.17. The van der Waals surface area contributed by atoms with E-state index in [-0.39, 0.29) is 6.04 Å². The number of aromatic nitrogens is 1. The second kappa shape index (κ2) is 6.69. The molecular formula is C17H17BrN2S. The Morgan fingerprint density at radius 2 is 2.19 bits per heavy atom. The summed E-state index contributed by atoms with van der Waals surface area (Å²) in [6.45, 7) is 3.17. The van der Waals surface area contributed by atoms with Crippen LogP contribution in [0.1, 0.15) is 30.5 Å². The first-order valence-corrected chi connectivity index (χ1v) is 8.77. The maximum atomic E-state index is 4.32. The van der Waals surface area contributed by atoms with E-state index < -0.39 is 0 Å². The molecule has 1 N–H and O–H groups in total. The van der Waals surface area contributed by atoms with Gasteiger partial charge in [-0.2, -0.15) is 0 Å². The van der Waals surface area contributed by atoms with Crippen LogP contribution in [0.15, 0.2) is 52.6 Å². The molecule has 2 heterocycles. The van der Waals surface area contributed by atoms with Gasteiger partial charge in [0.05, 0.1) is 6.04 Å². The summed E-state index contributed by atoms with van der Waals surface area (Å²) in [7, 11) is 0. The van der Waals surface area contributed by atoms with Crippen LogP contribution in [0.4, 0.5) is 0 Å².